The van der Waals surface area contributed by atoms with Crippen LogP contribution in [0.4, 0.5) is 0 Å². The molecular formula is C24H28N2O4. The van der Waals surface area contributed by atoms with Crippen molar-refractivity contribution in [2.24, 2.45) is 5.41 Å². The molecule has 3 heterocycles. The number of nitrogens with one attached hydrogen (secondary N) is 1. The molecule has 1 aromatic heterocycles. The molecule has 2 aliphatic heterocycles. The van der Waals surface area contributed by atoms with Gasteiger partial charge in [0.2, 0.25) is 0 Å². The fourth-order valence-corrected chi connectivity index (χ4v) is 5.45. The maximum Gasteiger partial charge on any atom is 0.314 e. The Labute approximate surface area is 176 Å². The number of amides is 1. The number of aromatic nitrogens is 1. The summed E-state index contributed by atoms with van der Waals surface area (Å²) in [5.74, 6) is -0.520. The zero-order valence-electron chi connectivity index (χ0n) is 17.7. The van der Waals surface area contributed by atoms with Crippen molar-refractivity contribution < 1.29 is 14.3 Å². The molecule has 3 atom stereocenters. The van der Waals surface area contributed by atoms with Crippen molar-refractivity contribution in [3.63, 3.8) is 0 Å². The number of carbonyl (C=O) groups is 2. The van der Waals surface area contributed by atoms with Gasteiger partial charge in [0.05, 0.1) is 12.0 Å². The maximum absolute atomic E-state index is 13.5. The van der Waals surface area contributed by atoms with Gasteiger partial charge < -0.3 is 14.6 Å². The molecule has 0 saturated carbocycles. The molecule has 0 spiro atoms. The zero-order chi connectivity index (χ0) is 21.5. The van der Waals surface area contributed by atoms with E-state index in [1.54, 1.807) is 25.7 Å². The van der Waals surface area contributed by atoms with E-state index < -0.39 is 5.41 Å². The van der Waals surface area contributed by atoms with E-state index in [1.165, 1.54) is 0 Å². The van der Waals surface area contributed by atoms with Crippen molar-refractivity contribution in [3.8, 4) is 0 Å². The van der Waals surface area contributed by atoms with Crippen molar-refractivity contribution in [2.75, 3.05) is 6.61 Å². The normalized spacial score (nSPS) is 24.8. The molecule has 1 N–H and O–H groups in total. The molecule has 1 amide bonds. The molecule has 6 heteroatoms. The summed E-state index contributed by atoms with van der Waals surface area (Å²) in [5, 5.41) is 0. The first-order valence-electron chi connectivity index (χ1n) is 10.6. The smallest absolute Gasteiger partial charge is 0.314 e. The van der Waals surface area contributed by atoms with Crippen LogP contribution in [0.2, 0.25) is 0 Å². The van der Waals surface area contributed by atoms with Crippen molar-refractivity contribution >= 4 is 11.9 Å². The van der Waals surface area contributed by atoms with Crippen molar-refractivity contribution in [2.45, 2.75) is 58.5 Å². The van der Waals surface area contributed by atoms with Gasteiger partial charge >= 0.3 is 5.97 Å². The molecule has 2 fully saturated rings. The third-order valence-electron chi connectivity index (χ3n) is 6.60. The maximum atomic E-state index is 13.5. The predicted octanol–water partition coefficient (Wildman–Crippen LogP) is 3.16. The molecule has 30 heavy (non-hydrogen) atoms. The molecule has 0 unspecified atom stereocenters. The van der Waals surface area contributed by atoms with E-state index >= 15 is 0 Å². The molecule has 2 aliphatic rings. The summed E-state index contributed by atoms with van der Waals surface area (Å²) >= 11 is 0. The van der Waals surface area contributed by atoms with Crippen LogP contribution in [0.5, 0.6) is 0 Å². The van der Waals surface area contributed by atoms with E-state index in [4.69, 9.17) is 4.74 Å². The van der Waals surface area contributed by atoms with Gasteiger partial charge in [-0.2, -0.15) is 0 Å². The van der Waals surface area contributed by atoms with Crippen LogP contribution >= 0.6 is 0 Å². The van der Waals surface area contributed by atoms with Crippen molar-refractivity contribution in [3.05, 3.63) is 69.1 Å². The van der Waals surface area contributed by atoms with Gasteiger partial charge in [-0.05, 0) is 63.6 Å². The summed E-state index contributed by atoms with van der Waals surface area (Å²) in [6.07, 6.45) is 2.68. The molecule has 0 radical (unpaired) electrons. The SMILES string of the molecule is CCOC(=O)[C@@]1(Cc2ccccc2)C[C@H]2CC[C@@H]1N2C(=O)c1c(C)cc(C)[nH]c1=O. The standard InChI is InChI=1S/C24H28N2O4/c1-4-30-23(29)24(13-17-8-6-5-7-9-17)14-18-10-11-19(24)26(18)22(28)20-15(2)12-16(3)25-21(20)27/h5-9,12,18-19H,4,10-11,13-14H2,1-3H3,(H,25,27)/t18-,19+,24+/m1/s1. The molecule has 2 bridgehead atoms. The zero-order valence-corrected chi connectivity index (χ0v) is 17.7. The van der Waals surface area contributed by atoms with E-state index in [-0.39, 0.29) is 35.1 Å². The Morgan fingerprint density at radius 1 is 1.20 bits per heavy atom. The minimum absolute atomic E-state index is 0.0595. The molecule has 2 saturated heterocycles. The lowest BCUT2D eigenvalue weighted by Gasteiger charge is -2.35. The molecule has 2 aromatic rings. The summed E-state index contributed by atoms with van der Waals surface area (Å²) in [6.45, 7) is 5.70. The van der Waals surface area contributed by atoms with Gasteiger partial charge in [-0.1, -0.05) is 30.3 Å². The monoisotopic (exact) mass is 408 g/mol. The Bertz CT molecular complexity index is 1030. The lowest BCUT2D eigenvalue weighted by Crippen LogP contribution is -2.48. The molecular weight excluding hydrogens is 380 g/mol. The summed E-state index contributed by atoms with van der Waals surface area (Å²) < 4.78 is 5.51. The van der Waals surface area contributed by atoms with Crippen molar-refractivity contribution in [1.29, 1.82) is 0 Å². The van der Waals surface area contributed by atoms with Crippen LogP contribution in [-0.2, 0) is 16.0 Å². The quantitative estimate of drug-likeness (QED) is 0.771. The highest BCUT2D eigenvalue weighted by atomic mass is 16.5. The number of hydrogen-bond acceptors (Lipinski definition) is 4. The summed E-state index contributed by atoms with van der Waals surface area (Å²) in [4.78, 5) is 43.9. The highest BCUT2D eigenvalue weighted by molar-refractivity contribution is 5.97. The van der Waals surface area contributed by atoms with E-state index in [9.17, 15) is 14.4 Å². The lowest BCUT2D eigenvalue weighted by molar-refractivity contribution is -0.157. The second-order valence-corrected chi connectivity index (χ2v) is 8.54. The first kappa shape index (κ1) is 20.4. The van der Waals surface area contributed by atoms with Gasteiger partial charge in [-0.25, -0.2) is 0 Å². The van der Waals surface area contributed by atoms with Crippen LogP contribution < -0.4 is 5.56 Å². The number of hydrogen-bond donors (Lipinski definition) is 1. The van der Waals surface area contributed by atoms with Gasteiger partial charge in [0.15, 0.2) is 0 Å². The highest BCUT2D eigenvalue weighted by Gasteiger charge is 2.62. The van der Waals surface area contributed by atoms with Crippen LogP contribution in [0.3, 0.4) is 0 Å². The third kappa shape index (κ3) is 3.24. The number of pyridine rings is 1. The Hall–Kier alpha value is -2.89. The van der Waals surface area contributed by atoms with Gasteiger partial charge in [0.25, 0.3) is 11.5 Å². The first-order valence-corrected chi connectivity index (χ1v) is 10.6. The van der Waals surface area contributed by atoms with Gasteiger partial charge in [-0.3, -0.25) is 14.4 Å². The molecule has 0 aliphatic carbocycles. The number of ether oxygens (including phenoxy) is 1. The summed E-state index contributed by atoms with van der Waals surface area (Å²) in [5.41, 5.74) is 1.47. The van der Waals surface area contributed by atoms with E-state index in [1.807, 2.05) is 36.4 Å². The number of H-pyrrole nitrogens is 1. The van der Waals surface area contributed by atoms with Crippen LogP contribution in [0.15, 0.2) is 41.2 Å². The van der Waals surface area contributed by atoms with Crippen LogP contribution in [0.25, 0.3) is 0 Å². The predicted molar refractivity (Wildman–Crippen MR) is 113 cm³/mol. The van der Waals surface area contributed by atoms with Gasteiger partial charge in [0, 0.05) is 17.8 Å². The fraction of sp³-hybridized carbons (Fsp3) is 0.458. The van der Waals surface area contributed by atoms with E-state index in [2.05, 4.69) is 4.98 Å². The Morgan fingerprint density at radius 2 is 1.93 bits per heavy atom. The van der Waals surface area contributed by atoms with Crippen LogP contribution in [0, 0.1) is 19.3 Å². The number of esters is 1. The number of aryl methyl sites for hydroxylation is 2. The molecule has 6 nitrogen and oxygen atoms in total. The van der Waals surface area contributed by atoms with Crippen LogP contribution in [0.1, 0.15) is 53.4 Å². The Balaban J connectivity index is 1.73. The van der Waals surface area contributed by atoms with Crippen LogP contribution in [-0.4, -0.2) is 40.5 Å². The van der Waals surface area contributed by atoms with E-state index in [0.29, 0.717) is 25.0 Å². The average Bonchev–Trinajstić information content (AvgIpc) is 3.24. The highest BCUT2D eigenvalue weighted by Crippen LogP contribution is 2.52. The second-order valence-electron chi connectivity index (χ2n) is 8.54. The minimum atomic E-state index is -0.776. The fourth-order valence-electron chi connectivity index (χ4n) is 5.45. The van der Waals surface area contributed by atoms with E-state index in [0.717, 1.165) is 24.1 Å². The van der Waals surface area contributed by atoms with Gasteiger partial charge in [0.1, 0.15) is 5.56 Å². The molecule has 158 valence electrons. The number of rotatable bonds is 5. The summed E-state index contributed by atoms with van der Waals surface area (Å²) in [6, 6.07) is 11.4. The Morgan fingerprint density at radius 3 is 2.60 bits per heavy atom. The number of carbonyl (C=O) groups excluding carboxylic acids is 2. The Kier molecular flexibility index (Phi) is 5.26. The molecule has 1 aromatic carbocycles. The topological polar surface area (TPSA) is 79.5 Å². The number of nitrogens with zero attached hydrogens (tertiary/aromatic N) is 1. The molecule has 4 rings (SSSR count). The number of benzene rings is 1. The van der Waals surface area contributed by atoms with Crippen molar-refractivity contribution in [1.82, 2.24) is 9.88 Å². The third-order valence-corrected chi connectivity index (χ3v) is 6.60. The summed E-state index contributed by atoms with van der Waals surface area (Å²) in [7, 11) is 0. The average molecular weight is 408 g/mol. The largest absolute Gasteiger partial charge is 0.465 e. The number of aromatic amines is 1. The minimum Gasteiger partial charge on any atom is -0.465 e. The second kappa shape index (κ2) is 7.74. The number of fused-ring (bicyclic) bond motifs is 2. The van der Waals surface area contributed by atoms with Gasteiger partial charge in [-0.15, -0.1) is 0 Å². The lowest BCUT2D eigenvalue weighted by atomic mass is 9.70. The first-order chi connectivity index (χ1) is 14.4.